The summed E-state index contributed by atoms with van der Waals surface area (Å²) in [6.07, 6.45) is 2.48. The molecule has 2 heterocycles. The lowest BCUT2D eigenvalue weighted by Crippen LogP contribution is -2.33. The monoisotopic (exact) mass is 234 g/mol. The number of aliphatic carboxylic acids is 1. The standard InChI is InChI=1S/C13H18N2O2/c1-10(11-5-3-4-7-14-11)15-8-6-13(2,9-15)12(16)17/h3-5,7,10H,6,8-9H2,1-2H3,(H,16,17). The quantitative estimate of drug-likeness (QED) is 0.868. The number of carbonyl (C=O) groups is 1. The Bertz CT molecular complexity index is 407. The van der Waals surface area contributed by atoms with E-state index in [1.54, 1.807) is 6.20 Å². The Morgan fingerprint density at radius 1 is 1.59 bits per heavy atom. The molecule has 0 radical (unpaired) electrons. The molecule has 0 spiro atoms. The van der Waals surface area contributed by atoms with Crippen molar-refractivity contribution < 1.29 is 9.90 Å². The molecule has 1 aliphatic heterocycles. The van der Waals surface area contributed by atoms with Crippen LogP contribution in [-0.4, -0.2) is 34.0 Å². The molecular weight excluding hydrogens is 216 g/mol. The van der Waals surface area contributed by atoms with E-state index in [-0.39, 0.29) is 6.04 Å². The fourth-order valence-corrected chi connectivity index (χ4v) is 2.31. The highest BCUT2D eigenvalue weighted by Gasteiger charge is 2.42. The van der Waals surface area contributed by atoms with E-state index in [2.05, 4.69) is 16.8 Å². The lowest BCUT2D eigenvalue weighted by molar-refractivity contribution is -0.147. The smallest absolute Gasteiger partial charge is 0.310 e. The second-order valence-corrected chi connectivity index (χ2v) is 5.02. The van der Waals surface area contributed by atoms with E-state index in [0.29, 0.717) is 13.0 Å². The van der Waals surface area contributed by atoms with Crippen LogP contribution in [0.5, 0.6) is 0 Å². The maximum absolute atomic E-state index is 11.2. The van der Waals surface area contributed by atoms with Gasteiger partial charge in [-0.25, -0.2) is 0 Å². The van der Waals surface area contributed by atoms with E-state index < -0.39 is 11.4 Å². The van der Waals surface area contributed by atoms with E-state index in [1.165, 1.54) is 0 Å². The zero-order valence-corrected chi connectivity index (χ0v) is 10.3. The number of pyridine rings is 1. The maximum Gasteiger partial charge on any atom is 0.310 e. The van der Waals surface area contributed by atoms with Gasteiger partial charge in [0.1, 0.15) is 0 Å². The first-order valence-corrected chi connectivity index (χ1v) is 5.91. The second kappa shape index (κ2) is 4.45. The van der Waals surface area contributed by atoms with Gasteiger partial charge in [-0.1, -0.05) is 6.07 Å². The molecule has 1 aromatic heterocycles. The molecule has 0 bridgehead atoms. The van der Waals surface area contributed by atoms with Gasteiger partial charge in [0.2, 0.25) is 0 Å². The van der Waals surface area contributed by atoms with Crippen molar-refractivity contribution in [3.8, 4) is 0 Å². The Hall–Kier alpha value is -1.42. The van der Waals surface area contributed by atoms with Crippen molar-refractivity contribution in [3.63, 3.8) is 0 Å². The van der Waals surface area contributed by atoms with Gasteiger partial charge >= 0.3 is 5.97 Å². The minimum Gasteiger partial charge on any atom is -0.481 e. The van der Waals surface area contributed by atoms with Crippen LogP contribution in [0, 0.1) is 5.41 Å². The zero-order chi connectivity index (χ0) is 12.5. The molecule has 1 fully saturated rings. The Morgan fingerprint density at radius 2 is 2.35 bits per heavy atom. The SMILES string of the molecule is CC(c1ccccn1)N1CCC(C)(C(=O)O)C1. The highest BCUT2D eigenvalue weighted by atomic mass is 16.4. The normalized spacial score (nSPS) is 26.9. The number of aromatic nitrogens is 1. The minimum absolute atomic E-state index is 0.178. The van der Waals surface area contributed by atoms with E-state index in [4.69, 9.17) is 0 Å². The summed E-state index contributed by atoms with van der Waals surface area (Å²) in [6, 6.07) is 6.02. The number of likely N-dealkylation sites (tertiary alicyclic amines) is 1. The van der Waals surface area contributed by atoms with Gasteiger partial charge in [-0.2, -0.15) is 0 Å². The zero-order valence-electron chi connectivity index (χ0n) is 10.3. The summed E-state index contributed by atoms with van der Waals surface area (Å²) in [5, 5.41) is 9.20. The van der Waals surface area contributed by atoms with Crippen molar-refractivity contribution in [2.75, 3.05) is 13.1 Å². The van der Waals surface area contributed by atoms with Gasteiger partial charge < -0.3 is 5.11 Å². The molecule has 4 nitrogen and oxygen atoms in total. The van der Waals surface area contributed by atoms with Crippen LogP contribution in [0.2, 0.25) is 0 Å². The number of carboxylic acid groups (broad SMARTS) is 1. The molecule has 0 aromatic carbocycles. The van der Waals surface area contributed by atoms with Gasteiger partial charge in [0.05, 0.1) is 11.1 Å². The first kappa shape index (κ1) is 12.0. The van der Waals surface area contributed by atoms with Gasteiger partial charge in [-0.15, -0.1) is 0 Å². The van der Waals surface area contributed by atoms with Gasteiger partial charge in [-0.3, -0.25) is 14.7 Å². The largest absolute Gasteiger partial charge is 0.481 e. The highest BCUT2D eigenvalue weighted by molar-refractivity contribution is 5.74. The average molecular weight is 234 g/mol. The summed E-state index contributed by atoms with van der Waals surface area (Å²) in [5.41, 5.74) is 0.394. The molecule has 1 saturated heterocycles. The molecule has 1 aliphatic rings. The van der Waals surface area contributed by atoms with E-state index in [1.807, 2.05) is 25.1 Å². The van der Waals surface area contributed by atoms with Crippen LogP contribution in [0.1, 0.15) is 32.0 Å². The average Bonchev–Trinajstić information content (AvgIpc) is 2.74. The van der Waals surface area contributed by atoms with Crippen LogP contribution in [0.25, 0.3) is 0 Å². The van der Waals surface area contributed by atoms with Gasteiger partial charge in [0.15, 0.2) is 0 Å². The molecule has 1 N–H and O–H groups in total. The number of carboxylic acids is 1. The molecule has 2 atom stereocenters. The lowest BCUT2D eigenvalue weighted by Gasteiger charge is -2.25. The van der Waals surface area contributed by atoms with E-state index in [0.717, 1.165) is 12.2 Å². The molecule has 0 aliphatic carbocycles. The lowest BCUT2D eigenvalue weighted by atomic mass is 9.90. The first-order valence-electron chi connectivity index (χ1n) is 5.91. The molecule has 2 unspecified atom stereocenters. The molecule has 2 rings (SSSR count). The van der Waals surface area contributed by atoms with Crippen LogP contribution < -0.4 is 0 Å². The number of nitrogens with zero attached hydrogens (tertiary/aromatic N) is 2. The first-order chi connectivity index (χ1) is 8.03. The molecule has 0 amide bonds. The summed E-state index contributed by atoms with van der Waals surface area (Å²) >= 11 is 0. The van der Waals surface area contributed by atoms with Crippen LogP contribution in [0.3, 0.4) is 0 Å². The molecular formula is C13H18N2O2. The third kappa shape index (κ3) is 2.31. The van der Waals surface area contributed by atoms with Crippen molar-refractivity contribution >= 4 is 5.97 Å². The summed E-state index contributed by atoms with van der Waals surface area (Å²) in [4.78, 5) is 17.7. The predicted molar refractivity (Wildman–Crippen MR) is 64.6 cm³/mol. The fraction of sp³-hybridized carbons (Fsp3) is 0.538. The van der Waals surface area contributed by atoms with Crippen molar-refractivity contribution in [3.05, 3.63) is 30.1 Å². The predicted octanol–water partition coefficient (Wildman–Crippen LogP) is 1.94. The Labute approximate surface area is 101 Å². The van der Waals surface area contributed by atoms with E-state index in [9.17, 15) is 9.90 Å². The van der Waals surface area contributed by atoms with Crippen molar-refractivity contribution in [1.29, 1.82) is 0 Å². The van der Waals surface area contributed by atoms with Crippen molar-refractivity contribution in [2.24, 2.45) is 5.41 Å². The van der Waals surface area contributed by atoms with Crippen LogP contribution >= 0.6 is 0 Å². The van der Waals surface area contributed by atoms with Gasteiger partial charge in [0.25, 0.3) is 0 Å². The Morgan fingerprint density at radius 3 is 2.88 bits per heavy atom. The van der Waals surface area contributed by atoms with Crippen molar-refractivity contribution in [1.82, 2.24) is 9.88 Å². The summed E-state index contributed by atoms with van der Waals surface area (Å²) < 4.78 is 0. The minimum atomic E-state index is -0.701. The molecule has 0 saturated carbocycles. The third-order valence-corrected chi connectivity index (χ3v) is 3.68. The number of rotatable bonds is 3. The number of hydrogen-bond donors (Lipinski definition) is 1. The van der Waals surface area contributed by atoms with Crippen LogP contribution in [0.15, 0.2) is 24.4 Å². The Balaban J connectivity index is 2.09. The molecule has 1 aromatic rings. The van der Waals surface area contributed by atoms with Crippen molar-refractivity contribution in [2.45, 2.75) is 26.3 Å². The summed E-state index contributed by atoms with van der Waals surface area (Å²) in [6.45, 7) is 5.32. The summed E-state index contributed by atoms with van der Waals surface area (Å²) in [5.74, 6) is -0.701. The second-order valence-electron chi connectivity index (χ2n) is 5.02. The molecule has 17 heavy (non-hydrogen) atoms. The van der Waals surface area contributed by atoms with Crippen LogP contribution in [0.4, 0.5) is 0 Å². The fourth-order valence-electron chi connectivity index (χ4n) is 2.31. The summed E-state index contributed by atoms with van der Waals surface area (Å²) in [7, 11) is 0. The van der Waals surface area contributed by atoms with Gasteiger partial charge in [-0.05, 0) is 38.9 Å². The third-order valence-electron chi connectivity index (χ3n) is 3.68. The van der Waals surface area contributed by atoms with Gasteiger partial charge in [0, 0.05) is 18.8 Å². The van der Waals surface area contributed by atoms with Crippen LogP contribution in [-0.2, 0) is 4.79 Å². The molecule has 4 heteroatoms. The maximum atomic E-state index is 11.2. The molecule has 92 valence electrons. The highest BCUT2D eigenvalue weighted by Crippen LogP contribution is 2.34. The Kier molecular flexibility index (Phi) is 3.15. The van der Waals surface area contributed by atoms with E-state index >= 15 is 0 Å². The topological polar surface area (TPSA) is 53.4 Å². The number of hydrogen-bond acceptors (Lipinski definition) is 3.